The lowest BCUT2D eigenvalue weighted by molar-refractivity contribution is -0.138. The number of amides is 2. The number of carbonyl (C=O) groups excluding carboxylic acids is 2. The number of aliphatic imine (C=N–C) groups is 1. The first-order valence-corrected chi connectivity index (χ1v) is 8.61. The van der Waals surface area contributed by atoms with Crippen molar-refractivity contribution in [3.63, 3.8) is 0 Å². The third kappa shape index (κ3) is 7.19. The summed E-state index contributed by atoms with van der Waals surface area (Å²) < 4.78 is 0. The number of unbranched alkanes of at least 4 members (excludes halogenated alkanes) is 1. The third-order valence-corrected chi connectivity index (χ3v) is 4.10. The topological polar surface area (TPSA) is 152 Å². The minimum Gasteiger partial charge on any atom is -0.332 e. The van der Waals surface area contributed by atoms with Crippen LogP contribution in [0.3, 0.4) is 0 Å². The van der Waals surface area contributed by atoms with E-state index in [-0.39, 0.29) is 53.8 Å². The van der Waals surface area contributed by atoms with Crippen LogP contribution in [0.1, 0.15) is 25.7 Å². The first-order chi connectivity index (χ1) is 12.5. The second-order valence-electron chi connectivity index (χ2n) is 6.16. The number of anilines is 1. The molecule has 2 rings (SSSR count). The molecule has 2 amide bonds. The Morgan fingerprint density at radius 1 is 1.44 bits per heavy atom. The van der Waals surface area contributed by atoms with E-state index in [1.54, 1.807) is 13.2 Å². The molecule has 0 radical (unpaired) electrons. The molecule has 0 bridgehead atoms. The molecular weight excluding hydrogens is 416 g/mol. The lowest BCUT2D eigenvalue weighted by Crippen LogP contribution is -2.55. The van der Waals surface area contributed by atoms with Gasteiger partial charge in [-0.2, -0.15) is 0 Å². The Labute approximate surface area is 169 Å². The van der Waals surface area contributed by atoms with Crippen molar-refractivity contribution in [2.45, 2.75) is 37.8 Å². The lowest BCUT2D eigenvalue weighted by Gasteiger charge is -2.30. The fraction of sp³-hybridized carbons (Fsp3) is 0.562. The molecule has 10 nitrogen and oxygen atoms in total. The first-order valence-electron chi connectivity index (χ1n) is 8.61. The summed E-state index contributed by atoms with van der Waals surface area (Å²) in [6, 6.07) is -0.897. The number of hydrogen-bond donors (Lipinski definition) is 4. The molecule has 2 atom stereocenters. The highest BCUT2D eigenvalue weighted by atomic mass is 79.9. The van der Waals surface area contributed by atoms with Crippen LogP contribution in [-0.4, -0.2) is 64.9 Å². The van der Waals surface area contributed by atoms with Crippen molar-refractivity contribution in [3.05, 3.63) is 18.6 Å². The van der Waals surface area contributed by atoms with Gasteiger partial charge in [-0.15, -0.1) is 17.0 Å². The van der Waals surface area contributed by atoms with Crippen LogP contribution in [0.5, 0.6) is 0 Å². The van der Waals surface area contributed by atoms with Gasteiger partial charge in [-0.05, 0) is 19.4 Å². The highest BCUT2D eigenvalue weighted by molar-refractivity contribution is 8.93. The van der Waals surface area contributed by atoms with Crippen molar-refractivity contribution < 1.29 is 9.59 Å². The Morgan fingerprint density at radius 3 is 2.85 bits per heavy atom. The molecule has 0 aromatic carbocycles. The van der Waals surface area contributed by atoms with Gasteiger partial charge >= 0.3 is 0 Å². The first kappa shape index (κ1) is 22.9. The van der Waals surface area contributed by atoms with E-state index in [0.29, 0.717) is 12.4 Å². The van der Waals surface area contributed by atoms with Gasteiger partial charge in [0.1, 0.15) is 6.04 Å². The highest BCUT2D eigenvalue weighted by Crippen LogP contribution is 2.09. The summed E-state index contributed by atoms with van der Waals surface area (Å²) in [5.41, 5.74) is 11.4. The van der Waals surface area contributed by atoms with Gasteiger partial charge in [-0.1, -0.05) is 6.42 Å². The summed E-state index contributed by atoms with van der Waals surface area (Å²) in [5.74, 6) is 0.272. The molecule has 11 heteroatoms. The Balaban J connectivity index is 0.00000364. The molecule has 0 fully saturated rings. The van der Waals surface area contributed by atoms with E-state index in [4.69, 9.17) is 11.5 Å². The van der Waals surface area contributed by atoms with Crippen LogP contribution in [0.25, 0.3) is 0 Å². The maximum absolute atomic E-state index is 12.4. The molecule has 6 N–H and O–H groups in total. The predicted octanol–water partition coefficient (Wildman–Crippen LogP) is -0.374. The summed E-state index contributed by atoms with van der Waals surface area (Å²) in [4.78, 5) is 38.3. The average Bonchev–Trinajstić information content (AvgIpc) is 2.62. The second kappa shape index (κ2) is 11.6. The summed E-state index contributed by atoms with van der Waals surface area (Å²) in [6.45, 7) is 0.783. The number of carbonyl (C=O) groups is 2. The number of halogens is 1. The summed E-state index contributed by atoms with van der Waals surface area (Å²) in [6.07, 6.45) is 7.29. The van der Waals surface area contributed by atoms with E-state index in [9.17, 15) is 9.59 Å². The fourth-order valence-corrected chi connectivity index (χ4v) is 2.55. The molecular formula is C16H27BrN8O2. The third-order valence-electron chi connectivity index (χ3n) is 4.10. The number of nitrogens with zero attached hydrogens (tertiary/aromatic N) is 4. The molecule has 1 aliphatic heterocycles. The molecule has 27 heavy (non-hydrogen) atoms. The summed E-state index contributed by atoms with van der Waals surface area (Å²) >= 11 is 0. The van der Waals surface area contributed by atoms with Gasteiger partial charge in [-0.25, -0.2) is 9.98 Å². The van der Waals surface area contributed by atoms with Crippen molar-refractivity contribution in [2.24, 2.45) is 16.5 Å². The largest absolute Gasteiger partial charge is 0.332 e. The smallest absolute Gasteiger partial charge is 0.251 e. The van der Waals surface area contributed by atoms with Crippen molar-refractivity contribution in [2.75, 3.05) is 25.5 Å². The molecule has 1 aromatic rings. The van der Waals surface area contributed by atoms with Crippen molar-refractivity contribution >= 4 is 40.6 Å². The SMILES string of the molecule is Br.CN(C(=O)C[C@@H](N)CCCCN)C1CN=C(Nc2cnccn2)NC1=O. The summed E-state index contributed by atoms with van der Waals surface area (Å²) in [5, 5.41) is 5.51. The van der Waals surface area contributed by atoms with Crippen LogP contribution < -0.4 is 22.1 Å². The Morgan fingerprint density at radius 2 is 2.22 bits per heavy atom. The molecule has 0 spiro atoms. The molecule has 0 saturated carbocycles. The van der Waals surface area contributed by atoms with Crippen molar-refractivity contribution in [1.82, 2.24) is 20.2 Å². The number of hydrogen-bond acceptors (Lipinski definition) is 8. The monoisotopic (exact) mass is 442 g/mol. The van der Waals surface area contributed by atoms with Crippen LogP contribution in [0.2, 0.25) is 0 Å². The number of aromatic nitrogens is 2. The number of guanidine groups is 1. The zero-order chi connectivity index (χ0) is 18.9. The molecule has 1 unspecified atom stereocenters. The van der Waals surface area contributed by atoms with Crippen LogP contribution in [0.4, 0.5) is 5.82 Å². The van der Waals surface area contributed by atoms with E-state index in [1.807, 2.05) is 0 Å². The Hall–Kier alpha value is -2.11. The average molecular weight is 443 g/mol. The molecule has 0 saturated heterocycles. The molecule has 1 aromatic heterocycles. The van der Waals surface area contributed by atoms with Crippen molar-refractivity contribution in [3.8, 4) is 0 Å². The van der Waals surface area contributed by atoms with Crippen LogP contribution in [-0.2, 0) is 9.59 Å². The maximum Gasteiger partial charge on any atom is 0.251 e. The van der Waals surface area contributed by atoms with E-state index in [2.05, 4.69) is 25.6 Å². The van der Waals surface area contributed by atoms with Gasteiger partial charge in [0.25, 0.3) is 5.91 Å². The maximum atomic E-state index is 12.4. The standard InChI is InChI=1S/C16H26N8O2.BrH/c1-24(14(25)8-11(18)4-2-3-5-17)12-9-21-16(23-15(12)26)22-13-10-19-6-7-20-13;/h6-7,10-12H,2-5,8-9,17-18H2,1H3,(H2,20,21,22,23,26);1H/t11-,12?;/m0./s1. The molecule has 1 aliphatic rings. The van der Waals surface area contributed by atoms with Gasteiger partial charge in [0.05, 0.1) is 12.7 Å². The van der Waals surface area contributed by atoms with Gasteiger partial charge in [-0.3, -0.25) is 19.9 Å². The second-order valence-corrected chi connectivity index (χ2v) is 6.16. The quantitative estimate of drug-likeness (QED) is 0.400. The molecule has 2 heterocycles. The Kier molecular flexibility index (Phi) is 9.83. The zero-order valence-electron chi connectivity index (χ0n) is 15.3. The van der Waals surface area contributed by atoms with E-state index in [1.165, 1.54) is 17.3 Å². The van der Waals surface area contributed by atoms with Crippen LogP contribution in [0, 0.1) is 0 Å². The van der Waals surface area contributed by atoms with Gasteiger partial charge < -0.3 is 21.7 Å². The van der Waals surface area contributed by atoms with Gasteiger partial charge in [0.2, 0.25) is 11.9 Å². The van der Waals surface area contributed by atoms with Crippen LogP contribution >= 0.6 is 17.0 Å². The number of likely N-dealkylation sites (N-methyl/N-ethyl adjacent to an activating group) is 1. The fourth-order valence-electron chi connectivity index (χ4n) is 2.55. The number of rotatable bonds is 8. The highest BCUT2D eigenvalue weighted by Gasteiger charge is 2.31. The van der Waals surface area contributed by atoms with E-state index in [0.717, 1.165) is 19.3 Å². The normalized spacial score (nSPS) is 17.2. The Bertz CT molecular complexity index is 643. The molecule has 0 aliphatic carbocycles. The molecule has 150 valence electrons. The predicted molar refractivity (Wildman–Crippen MR) is 108 cm³/mol. The minimum atomic E-state index is -0.661. The van der Waals surface area contributed by atoms with Gasteiger partial charge in [0, 0.05) is 31.9 Å². The van der Waals surface area contributed by atoms with E-state index >= 15 is 0 Å². The number of nitrogens with two attached hydrogens (primary N) is 2. The van der Waals surface area contributed by atoms with E-state index < -0.39 is 6.04 Å². The minimum absolute atomic E-state index is 0. The van der Waals surface area contributed by atoms with Crippen molar-refractivity contribution in [1.29, 1.82) is 0 Å². The number of nitrogens with one attached hydrogen (secondary N) is 2. The summed E-state index contributed by atoms with van der Waals surface area (Å²) in [7, 11) is 1.59. The van der Waals surface area contributed by atoms with Crippen LogP contribution in [0.15, 0.2) is 23.6 Å². The van der Waals surface area contributed by atoms with Gasteiger partial charge in [0.15, 0.2) is 5.82 Å². The lowest BCUT2D eigenvalue weighted by atomic mass is 10.1. The zero-order valence-corrected chi connectivity index (χ0v) is 17.0.